The van der Waals surface area contributed by atoms with E-state index in [2.05, 4.69) is 31.9 Å². The Morgan fingerprint density at radius 2 is 1.81 bits per heavy atom. The van der Waals surface area contributed by atoms with E-state index in [1.54, 1.807) is 6.92 Å². The topological polar surface area (TPSA) is 70.2 Å². The van der Waals surface area contributed by atoms with Gasteiger partial charge in [-0.25, -0.2) is 4.79 Å². The third-order valence-electron chi connectivity index (χ3n) is 4.58. The van der Waals surface area contributed by atoms with E-state index in [-0.39, 0.29) is 11.9 Å². The van der Waals surface area contributed by atoms with Crippen molar-refractivity contribution >= 4 is 33.6 Å². The van der Waals surface area contributed by atoms with Gasteiger partial charge in [0.25, 0.3) is 5.91 Å². The van der Waals surface area contributed by atoms with Gasteiger partial charge in [-0.1, -0.05) is 46.3 Å². The van der Waals surface area contributed by atoms with E-state index in [0.29, 0.717) is 11.3 Å². The summed E-state index contributed by atoms with van der Waals surface area (Å²) in [4.78, 5) is 25.1. The standard InChI is InChI=1S/C20H20BrN3O2/c1-11-7-6-10-16(12(11)2)23-19(25)17-13(3)22-20(26)24-18(17)14-8-4-5-9-15(14)21/h4-10,18H,1-3H3,(H,23,25)(H2,22,24,26)/t18-/m0/s1. The first kappa shape index (κ1) is 18.2. The van der Waals surface area contributed by atoms with Gasteiger partial charge >= 0.3 is 6.03 Å². The zero-order valence-electron chi connectivity index (χ0n) is 14.8. The van der Waals surface area contributed by atoms with Gasteiger partial charge in [0.05, 0.1) is 11.6 Å². The number of hydrogen-bond acceptors (Lipinski definition) is 2. The lowest BCUT2D eigenvalue weighted by atomic mass is 9.94. The highest BCUT2D eigenvalue weighted by atomic mass is 79.9. The number of amides is 3. The molecule has 0 aliphatic carbocycles. The number of carbonyl (C=O) groups excluding carboxylic acids is 2. The predicted octanol–water partition coefficient (Wildman–Crippen LogP) is 4.33. The van der Waals surface area contributed by atoms with Crippen LogP contribution in [0.2, 0.25) is 0 Å². The number of carbonyl (C=O) groups is 2. The third kappa shape index (κ3) is 3.51. The van der Waals surface area contributed by atoms with Crippen LogP contribution >= 0.6 is 15.9 Å². The average molecular weight is 414 g/mol. The molecule has 0 fully saturated rings. The molecule has 0 unspecified atom stereocenters. The number of nitrogens with one attached hydrogen (secondary N) is 3. The van der Waals surface area contributed by atoms with Crippen LogP contribution in [0, 0.1) is 13.8 Å². The van der Waals surface area contributed by atoms with Gasteiger partial charge in [0.15, 0.2) is 0 Å². The number of aryl methyl sites for hydroxylation is 1. The van der Waals surface area contributed by atoms with Crippen LogP contribution in [0.3, 0.4) is 0 Å². The molecule has 1 heterocycles. The van der Waals surface area contributed by atoms with Crippen molar-refractivity contribution in [3.63, 3.8) is 0 Å². The summed E-state index contributed by atoms with van der Waals surface area (Å²) in [6, 6.07) is 12.5. The number of anilines is 1. The molecular weight excluding hydrogens is 394 g/mol. The Kier molecular flexibility index (Phi) is 5.13. The second-order valence-electron chi connectivity index (χ2n) is 6.29. The van der Waals surface area contributed by atoms with Crippen molar-refractivity contribution in [1.82, 2.24) is 10.6 Å². The van der Waals surface area contributed by atoms with E-state index in [1.807, 2.05) is 56.3 Å². The lowest BCUT2D eigenvalue weighted by Crippen LogP contribution is -2.46. The summed E-state index contributed by atoms with van der Waals surface area (Å²) in [5.41, 5.74) is 4.73. The number of hydrogen-bond donors (Lipinski definition) is 3. The van der Waals surface area contributed by atoms with Gasteiger partial charge in [-0.3, -0.25) is 4.79 Å². The lowest BCUT2D eigenvalue weighted by molar-refractivity contribution is -0.113. The molecule has 0 aromatic heterocycles. The Hall–Kier alpha value is -2.60. The van der Waals surface area contributed by atoms with Gasteiger partial charge in [-0.15, -0.1) is 0 Å². The molecule has 26 heavy (non-hydrogen) atoms. The molecule has 134 valence electrons. The first-order chi connectivity index (χ1) is 12.4. The van der Waals surface area contributed by atoms with E-state index in [4.69, 9.17) is 0 Å². The summed E-state index contributed by atoms with van der Waals surface area (Å²) in [6.45, 7) is 5.71. The number of rotatable bonds is 3. The van der Waals surface area contributed by atoms with E-state index in [1.165, 1.54) is 0 Å². The summed E-state index contributed by atoms with van der Waals surface area (Å²) < 4.78 is 0.831. The minimum atomic E-state index is -0.538. The van der Waals surface area contributed by atoms with Crippen molar-refractivity contribution in [2.24, 2.45) is 0 Å². The maximum absolute atomic E-state index is 13.1. The van der Waals surface area contributed by atoms with Crippen molar-refractivity contribution in [2.45, 2.75) is 26.8 Å². The molecule has 3 N–H and O–H groups in total. The van der Waals surface area contributed by atoms with Crippen molar-refractivity contribution in [1.29, 1.82) is 0 Å². The SMILES string of the molecule is CC1=C(C(=O)Nc2cccc(C)c2C)[C@H](c2ccccc2Br)NC(=O)N1. The van der Waals surface area contributed by atoms with Crippen LogP contribution in [-0.4, -0.2) is 11.9 Å². The predicted molar refractivity (Wildman–Crippen MR) is 106 cm³/mol. The average Bonchev–Trinajstić information content (AvgIpc) is 2.58. The largest absolute Gasteiger partial charge is 0.327 e. The Balaban J connectivity index is 2.00. The molecule has 3 amide bonds. The Morgan fingerprint density at radius 1 is 1.08 bits per heavy atom. The molecule has 0 bridgehead atoms. The van der Waals surface area contributed by atoms with Gasteiger partial charge in [-0.2, -0.15) is 0 Å². The fraction of sp³-hybridized carbons (Fsp3) is 0.200. The Morgan fingerprint density at radius 3 is 2.54 bits per heavy atom. The monoisotopic (exact) mass is 413 g/mol. The van der Waals surface area contributed by atoms with E-state index >= 15 is 0 Å². The molecule has 1 atom stereocenters. The molecular formula is C20H20BrN3O2. The summed E-state index contributed by atoms with van der Waals surface area (Å²) in [5, 5.41) is 8.52. The fourth-order valence-corrected chi connectivity index (χ4v) is 3.53. The maximum atomic E-state index is 13.1. The first-order valence-electron chi connectivity index (χ1n) is 8.28. The zero-order chi connectivity index (χ0) is 18.8. The summed E-state index contributed by atoms with van der Waals surface area (Å²) in [7, 11) is 0. The molecule has 6 heteroatoms. The molecule has 1 aliphatic heterocycles. The second-order valence-corrected chi connectivity index (χ2v) is 7.15. The van der Waals surface area contributed by atoms with E-state index < -0.39 is 6.04 Å². The van der Waals surface area contributed by atoms with Crippen LogP contribution in [0.5, 0.6) is 0 Å². The van der Waals surface area contributed by atoms with Crippen LogP contribution < -0.4 is 16.0 Å². The molecule has 2 aromatic rings. The van der Waals surface area contributed by atoms with Crippen LogP contribution in [0.25, 0.3) is 0 Å². The van der Waals surface area contributed by atoms with E-state index in [9.17, 15) is 9.59 Å². The molecule has 0 spiro atoms. The van der Waals surface area contributed by atoms with Gasteiger partial charge in [0, 0.05) is 15.9 Å². The van der Waals surface area contributed by atoms with Gasteiger partial charge in [-0.05, 0) is 49.6 Å². The molecule has 3 rings (SSSR count). The van der Waals surface area contributed by atoms with Crippen LogP contribution in [-0.2, 0) is 4.79 Å². The highest BCUT2D eigenvalue weighted by Crippen LogP contribution is 2.32. The van der Waals surface area contributed by atoms with Crippen molar-refractivity contribution < 1.29 is 9.59 Å². The third-order valence-corrected chi connectivity index (χ3v) is 5.30. The van der Waals surface area contributed by atoms with Crippen molar-refractivity contribution in [3.05, 3.63) is 74.9 Å². The first-order valence-corrected chi connectivity index (χ1v) is 9.08. The smallest absolute Gasteiger partial charge is 0.319 e. The molecule has 5 nitrogen and oxygen atoms in total. The normalized spacial score (nSPS) is 16.8. The van der Waals surface area contributed by atoms with Crippen molar-refractivity contribution in [3.8, 4) is 0 Å². The molecule has 0 saturated carbocycles. The fourth-order valence-electron chi connectivity index (χ4n) is 3.01. The summed E-state index contributed by atoms with van der Waals surface area (Å²) >= 11 is 3.51. The van der Waals surface area contributed by atoms with Gasteiger partial charge in [0.2, 0.25) is 0 Å². The van der Waals surface area contributed by atoms with E-state index in [0.717, 1.165) is 26.9 Å². The molecule has 0 radical (unpaired) electrons. The number of benzene rings is 2. The minimum absolute atomic E-state index is 0.246. The zero-order valence-corrected chi connectivity index (χ0v) is 16.4. The summed E-state index contributed by atoms with van der Waals surface area (Å²) in [6.07, 6.45) is 0. The number of urea groups is 1. The Labute approximate surface area is 161 Å². The summed E-state index contributed by atoms with van der Waals surface area (Å²) in [5.74, 6) is -0.246. The van der Waals surface area contributed by atoms with Crippen LogP contribution in [0.15, 0.2) is 58.2 Å². The Bertz CT molecular complexity index is 921. The molecule has 2 aromatic carbocycles. The molecule has 0 saturated heterocycles. The number of allylic oxidation sites excluding steroid dienone is 1. The maximum Gasteiger partial charge on any atom is 0.319 e. The van der Waals surface area contributed by atoms with Crippen LogP contribution in [0.1, 0.15) is 29.7 Å². The lowest BCUT2D eigenvalue weighted by Gasteiger charge is -2.29. The van der Waals surface area contributed by atoms with Gasteiger partial charge < -0.3 is 16.0 Å². The van der Waals surface area contributed by atoms with Gasteiger partial charge in [0.1, 0.15) is 0 Å². The highest BCUT2D eigenvalue weighted by molar-refractivity contribution is 9.10. The number of halogens is 1. The van der Waals surface area contributed by atoms with Crippen molar-refractivity contribution in [2.75, 3.05) is 5.32 Å². The second kappa shape index (κ2) is 7.33. The van der Waals surface area contributed by atoms with Crippen LogP contribution in [0.4, 0.5) is 10.5 Å². The quantitative estimate of drug-likeness (QED) is 0.700. The minimum Gasteiger partial charge on any atom is -0.327 e. The molecule has 1 aliphatic rings. The highest BCUT2D eigenvalue weighted by Gasteiger charge is 2.32.